The average Bonchev–Trinajstić information content (AvgIpc) is 3.23. The van der Waals surface area contributed by atoms with Crippen LogP contribution in [0.15, 0.2) is 35.2 Å². The highest BCUT2D eigenvalue weighted by Gasteiger charge is 2.42. The molecule has 1 atom stereocenters. The molecule has 2 heterocycles. The molecule has 7 heteroatoms. The fourth-order valence-electron chi connectivity index (χ4n) is 2.68. The minimum Gasteiger partial charge on any atom is -0.487 e. The number of nitrogens with zero attached hydrogens (tertiary/aromatic N) is 2. The molecule has 2 aromatic rings. The van der Waals surface area contributed by atoms with Crippen molar-refractivity contribution in [2.24, 2.45) is 5.41 Å². The van der Waals surface area contributed by atoms with Gasteiger partial charge >= 0.3 is 5.97 Å². The number of carbonyl (C=O) groups excluding carboxylic acids is 1. The van der Waals surface area contributed by atoms with Crippen molar-refractivity contribution in [2.75, 3.05) is 13.1 Å². The van der Waals surface area contributed by atoms with E-state index >= 15 is 0 Å². The molecule has 6 nitrogen and oxygen atoms in total. The summed E-state index contributed by atoms with van der Waals surface area (Å²) in [6.45, 7) is 2.70. The predicted molar refractivity (Wildman–Crippen MR) is 89.2 cm³/mol. The van der Waals surface area contributed by atoms with Crippen LogP contribution < -0.4 is 4.74 Å². The molecule has 0 saturated carbocycles. The Hall–Kier alpha value is -2.41. The van der Waals surface area contributed by atoms with Gasteiger partial charge in [0.05, 0.1) is 16.6 Å². The van der Waals surface area contributed by atoms with E-state index in [2.05, 4.69) is 4.98 Å². The first-order valence-corrected chi connectivity index (χ1v) is 8.55. The van der Waals surface area contributed by atoms with Crippen LogP contribution in [0.1, 0.15) is 29.4 Å². The maximum Gasteiger partial charge on any atom is 0.311 e. The number of rotatable bonds is 5. The van der Waals surface area contributed by atoms with Crippen molar-refractivity contribution in [1.82, 2.24) is 9.88 Å². The molecule has 0 spiro atoms. The standard InChI is InChI=1S/C17H18N2O4S/c1-17(16(21)22)5-6-19(10-17)15(20)12-3-2-4-14(7-12)23-8-13-9-24-11-18-13/h2-4,7,9,11H,5-6,8,10H2,1H3,(H,21,22)/t17-/m1/s1. The van der Waals surface area contributed by atoms with Gasteiger partial charge in [0.2, 0.25) is 0 Å². The van der Waals surface area contributed by atoms with Crippen molar-refractivity contribution in [2.45, 2.75) is 20.0 Å². The lowest BCUT2D eigenvalue weighted by Gasteiger charge is -2.20. The van der Waals surface area contributed by atoms with E-state index in [0.29, 0.717) is 30.9 Å². The summed E-state index contributed by atoms with van der Waals surface area (Å²) in [7, 11) is 0. The molecule has 1 aliphatic heterocycles. The zero-order valence-electron chi connectivity index (χ0n) is 13.3. The third-order valence-electron chi connectivity index (χ3n) is 4.23. The molecule has 3 rings (SSSR count). The molecule has 1 aromatic carbocycles. The fourth-order valence-corrected chi connectivity index (χ4v) is 3.22. The van der Waals surface area contributed by atoms with Crippen LogP contribution in [0.5, 0.6) is 5.75 Å². The predicted octanol–water partition coefficient (Wildman–Crippen LogP) is 2.66. The minimum absolute atomic E-state index is 0.168. The van der Waals surface area contributed by atoms with Gasteiger partial charge in [-0.25, -0.2) is 4.98 Å². The van der Waals surface area contributed by atoms with E-state index in [-0.39, 0.29) is 12.5 Å². The zero-order chi connectivity index (χ0) is 17.2. The second-order valence-electron chi connectivity index (χ2n) is 6.14. The molecule has 1 aliphatic rings. The van der Waals surface area contributed by atoms with E-state index < -0.39 is 11.4 Å². The van der Waals surface area contributed by atoms with Crippen molar-refractivity contribution >= 4 is 23.2 Å². The lowest BCUT2D eigenvalue weighted by atomic mass is 9.90. The summed E-state index contributed by atoms with van der Waals surface area (Å²) in [6.07, 6.45) is 0.466. The third kappa shape index (κ3) is 3.41. The monoisotopic (exact) mass is 346 g/mol. The van der Waals surface area contributed by atoms with Crippen molar-refractivity contribution in [1.29, 1.82) is 0 Å². The number of amides is 1. The Morgan fingerprint density at radius 3 is 2.96 bits per heavy atom. The SMILES string of the molecule is C[C@@]1(C(=O)O)CCN(C(=O)c2cccc(OCc3cscn3)c2)C1. The molecular formula is C17H18N2O4S. The van der Waals surface area contributed by atoms with Gasteiger partial charge in [-0.05, 0) is 31.5 Å². The van der Waals surface area contributed by atoms with Gasteiger partial charge in [-0.2, -0.15) is 0 Å². The Kier molecular flexibility index (Phi) is 4.53. The Labute approximate surface area is 143 Å². The van der Waals surface area contributed by atoms with Crippen molar-refractivity contribution < 1.29 is 19.4 Å². The van der Waals surface area contributed by atoms with Gasteiger partial charge in [-0.15, -0.1) is 11.3 Å². The molecule has 0 unspecified atom stereocenters. The molecule has 126 valence electrons. The molecule has 1 saturated heterocycles. The molecule has 0 radical (unpaired) electrons. The highest BCUT2D eigenvalue weighted by Crippen LogP contribution is 2.31. The van der Waals surface area contributed by atoms with Crippen LogP contribution >= 0.6 is 11.3 Å². The van der Waals surface area contributed by atoms with Gasteiger partial charge in [0.25, 0.3) is 5.91 Å². The number of benzene rings is 1. The maximum absolute atomic E-state index is 12.6. The van der Waals surface area contributed by atoms with Gasteiger partial charge in [-0.1, -0.05) is 6.07 Å². The maximum atomic E-state index is 12.6. The Morgan fingerprint density at radius 1 is 1.46 bits per heavy atom. The van der Waals surface area contributed by atoms with Crippen molar-refractivity contribution in [3.63, 3.8) is 0 Å². The van der Waals surface area contributed by atoms with Gasteiger partial charge in [0, 0.05) is 24.0 Å². The van der Waals surface area contributed by atoms with E-state index in [0.717, 1.165) is 5.69 Å². The summed E-state index contributed by atoms with van der Waals surface area (Å²) < 4.78 is 5.66. The Balaban J connectivity index is 1.67. The zero-order valence-corrected chi connectivity index (χ0v) is 14.1. The summed E-state index contributed by atoms with van der Waals surface area (Å²) >= 11 is 1.50. The van der Waals surface area contributed by atoms with Gasteiger partial charge in [0.1, 0.15) is 12.4 Å². The lowest BCUT2D eigenvalue weighted by Crippen LogP contribution is -2.34. The highest BCUT2D eigenvalue weighted by molar-refractivity contribution is 7.07. The number of thiazole rings is 1. The number of hydrogen-bond donors (Lipinski definition) is 1. The topological polar surface area (TPSA) is 79.7 Å². The molecule has 1 fully saturated rings. The van der Waals surface area contributed by atoms with Gasteiger partial charge < -0.3 is 14.7 Å². The van der Waals surface area contributed by atoms with Crippen molar-refractivity contribution in [3.05, 3.63) is 46.4 Å². The van der Waals surface area contributed by atoms with E-state index in [9.17, 15) is 14.7 Å². The summed E-state index contributed by atoms with van der Waals surface area (Å²) in [5.41, 5.74) is 2.22. The third-order valence-corrected chi connectivity index (χ3v) is 4.86. The molecule has 1 amide bonds. The van der Waals surface area contributed by atoms with E-state index in [4.69, 9.17) is 4.74 Å². The number of carbonyl (C=O) groups is 2. The highest BCUT2D eigenvalue weighted by atomic mass is 32.1. The molecule has 0 bridgehead atoms. The van der Waals surface area contributed by atoms with Crippen molar-refractivity contribution in [3.8, 4) is 5.75 Å². The van der Waals surface area contributed by atoms with E-state index in [1.165, 1.54) is 11.3 Å². The van der Waals surface area contributed by atoms with Gasteiger partial charge in [0.15, 0.2) is 0 Å². The first kappa shape index (κ1) is 16.4. The molecule has 1 aromatic heterocycles. The number of hydrogen-bond acceptors (Lipinski definition) is 5. The normalized spacial score (nSPS) is 20.1. The van der Waals surface area contributed by atoms with Crippen LogP contribution in [0.3, 0.4) is 0 Å². The summed E-state index contributed by atoms with van der Waals surface area (Å²) in [5, 5.41) is 11.2. The largest absolute Gasteiger partial charge is 0.487 e. The molecule has 1 N–H and O–H groups in total. The fraction of sp³-hybridized carbons (Fsp3) is 0.353. The lowest BCUT2D eigenvalue weighted by molar-refractivity contribution is -0.147. The van der Waals surface area contributed by atoms with Crippen LogP contribution in [0.25, 0.3) is 0 Å². The van der Waals surface area contributed by atoms with Crippen LogP contribution in [0, 0.1) is 5.41 Å². The quantitative estimate of drug-likeness (QED) is 0.900. The molecule has 24 heavy (non-hydrogen) atoms. The second-order valence-corrected chi connectivity index (χ2v) is 6.86. The first-order chi connectivity index (χ1) is 11.5. The Morgan fingerprint density at radius 2 is 2.29 bits per heavy atom. The van der Waals surface area contributed by atoms with Gasteiger partial charge in [-0.3, -0.25) is 9.59 Å². The van der Waals surface area contributed by atoms with Crippen LogP contribution in [-0.4, -0.2) is 40.0 Å². The van der Waals surface area contributed by atoms with Crippen LogP contribution in [0.4, 0.5) is 0 Å². The first-order valence-electron chi connectivity index (χ1n) is 7.60. The Bertz CT molecular complexity index is 747. The van der Waals surface area contributed by atoms with Crippen LogP contribution in [-0.2, 0) is 11.4 Å². The number of aliphatic carboxylic acids is 1. The summed E-state index contributed by atoms with van der Waals surface area (Å²) in [6, 6.07) is 6.95. The number of likely N-dealkylation sites (tertiary alicyclic amines) is 1. The molecule has 0 aliphatic carbocycles. The minimum atomic E-state index is -0.867. The number of aromatic nitrogens is 1. The number of carboxylic acid groups (broad SMARTS) is 1. The second kappa shape index (κ2) is 6.60. The average molecular weight is 346 g/mol. The van der Waals surface area contributed by atoms with E-state index in [1.54, 1.807) is 41.6 Å². The van der Waals surface area contributed by atoms with Crippen LogP contribution in [0.2, 0.25) is 0 Å². The molecular weight excluding hydrogens is 328 g/mol. The smallest absolute Gasteiger partial charge is 0.311 e. The van der Waals surface area contributed by atoms with E-state index in [1.807, 2.05) is 5.38 Å². The summed E-state index contributed by atoms with van der Waals surface area (Å²) in [5.74, 6) is -0.439. The number of ether oxygens (including phenoxy) is 1. The summed E-state index contributed by atoms with van der Waals surface area (Å²) in [4.78, 5) is 29.7. The number of carboxylic acids is 1.